The summed E-state index contributed by atoms with van der Waals surface area (Å²) in [7, 11) is 3.59. The van der Waals surface area contributed by atoms with Crippen molar-refractivity contribution >= 4 is 46.2 Å². The number of hydrogen-bond donors (Lipinski definition) is 4. The summed E-state index contributed by atoms with van der Waals surface area (Å²) in [5.74, 6) is 1.25. The van der Waals surface area contributed by atoms with Gasteiger partial charge in [-0.3, -0.25) is 24.7 Å². The number of aromatic amines is 1. The Kier molecular flexibility index (Phi) is 19.2. The first kappa shape index (κ1) is 51.6. The highest BCUT2D eigenvalue weighted by Crippen LogP contribution is 2.38. The number of likely N-dealkylation sites (tertiary alicyclic amines) is 1. The van der Waals surface area contributed by atoms with E-state index in [1.807, 2.05) is 101 Å². The van der Waals surface area contributed by atoms with Gasteiger partial charge in [0.1, 0.15) is 11.5 Å². The number of pyridine rings is 2. The van der Waals surface area contributed by atoms with Gasteiger partial charge in [0.25, 0.3) is 11.8 Å². The number of amides is 2. The first-order valence-corrected chi connectivity index (χ1v) is 23.5. The number of nitrogens with two attached hydrogens (primary N) is 2. The molecular formula is C52H67ClN10O4. The minimum atomic E-state index is -0.148. The highest BCUT2D eigenvalue weighted by atomic mass is 35.5. The number of H-pyrrole nitrogens is 1. The molecule has 8 rings (SSSR count). The lowest BCUT2D eigenvalue weighted by Crippen LogP contribution is -2.40. The molecule has 3 aromatic carbocycles. The molecule has 6 aromatic rings. The molecule has 2 fully saturated rings. The molecule has 67 heavy (non-hydrogen) atoms. The number of halogens is 1. The first-order valence-electron chi connectivity index (χ1n) is 23.1. The van der Waals surface area contributed by atoms with Crippen molar-refractivity contribution in [1.82, 2.24) is 34.9 Å². The smallest absolute Gasteiger partial charge is 0.254 e. The van der Waals surface area contributed by atoms with Crippen LogP contribution in [-0.4, -0.2) is 106 Å². The van der Waals surface area contributed by atoms with E-state index in [0.717, 1.165) is 89.9 Å². The lowest BCUT2D eigenvalue weighted by molar-refractivity contribution is 0.0698. The molecule has 2 amide bonds. The van der Waals surface area contributed by atoms with Gasteiger partial charge in [-0.1, -0.05) is 50.6 Å². The standard InChI is InChI=1S/C29H30ClN5O2.C19H24N4O2.C2H7N.C2H6/c1-34(26(10-13-35-11-3-12-35)25-18-31-16-21-17-32-33-28(21)25)29(36)20-6-9-24(19-4-2-5-22(30)14-19)27(15-20)37-23-7-8-23;1-5-25-17-8-14(7-6-12(17)2)19(24)23(4)11-15-10-22-13(3)16(9-20)18(15)21;1-2-3;1-2/h2,4-6,9,14-18,23,26H,3,7-8,10-13H2,1H3,(H,32,33);6-10,20H,5,11H2,1-4H3,(H2,21,22);2-3H2,1H3;1-2H3. The number of nitrogens with zero attached hydrogens (tertiary/aromatic N) is 6. The monoisotopic (exact) mass is 931 g/mol. The zero-order chi connectivity index (χ0) is 48.6. The third-order valence-electron chi connectivity index (χ3n) is 11.5. The van der Waals surface area contributed by atoms with E-state index in [0.29, 0.717) is 52.0 Å². The molecule has 15 heteroatoms. The van der Waals surface area contributed by atoms with Crippen molar-refractivity contribution < 1.29 is 19.1 Å². The Hall–Kier alpha value is -6.35. The van der Waals surface area contributed by atoms with E-state index in [1.54, 1.807) is 49.6 Å². The van der Waals surface area contributed by atoms with Crippen LogP contribution < -0.4 is 20.9 Å². The van der Waals surface area contributed by atoms with Crippen molar-refractivity contribution in [3.63, 3.8) is 0 Å². The summed E-state index contributed by atoms with van der Waals surface area (Å²) in [5, 5.41) is 16.4. The van der Waals surface area contributed by atoms with Crippen LogP contribution in [0.4, 0.5) is 5.69 Å². The highest BCUT2D eigenvalue weighted by molar-refractivity contribution is 6.30. The molecule has 1 saturated carbocycles. The topological polar surface area (TPSA) is 193 Å². The Balaban J connectivity index is 0.000000244. The van der Waals surface area contributed by atoms with E-state index in [9.17, 15) is 9.59 Å². The van der Waals surface area contributed by atoms with Crippen LogP contribution in [0, 0.1) is 19.3 Å². The fourth-order valence-corrected chi connectivity index (χ4v) is 7.74. The number of carbonyl (C=O) groups is 2. The van der Waals surface area contributed by atoms with Crippen molar-refractivity contribution in [3.8, 4) is 22.6 Å². The van der Waals surface area contributed by atoms with E-state index >= 15 is 0 Å². The maximum absolute atomic E-state index is 13.9. The fraction of sp³-hybridized carbons (Fsp3) is 0.385. The summed E-state index contributed by atoms with van der Waals surface area (Å²) < 4.78 is 11.8. The minimum Gasteiger partial charge on any atom is -0.494 e. The normalized spacial score (nSPS) is 13.3. The molecule has 1 saturated heterocycles. The van der Waals surface area contributed by atoms with Gasteiger partial charge < -0.3 is 41.1 Å². The molecule has 2 aliphatic rings. The number of carbonyl (C=O) groups excluding carboxylic acids is 2. The van der Waals surface area contributed by atoms with E-state index in [1.165, 1.54) is 12.6 Å². The number of benzene rings is 3. The summed E-state index contributed by atoms with van der Waals surface area (Å²) in [6, 6.07) is 18.7. The number of aromatic nitrogens is 4. The Bertz CT molecular complexity index is 2590. The van der Waals surface area contributed by atoms with Gasteiger partial charge in [0.05, 0.1) is 30.5 Å². The van der Waals surface area contributed by atoms with Gasteiger partial charge in [-0.15, -0.1) is 0 Å². The van der Waals surface area contributed by atoms with Crippen LogP contribution in [0.3, 0.4) is 0 Å². The number of aryl methyl sites for hydroxylation is 2. The van der Waals surface area contributed by atoms with Gasteiger partial charge in [0, 0.05) is 107 Å². The second kappa shape index (κ2) is 25.0. The van der Waals surface area contributed by atoms with Gasteiger partial charge in [-0.05, 0) is 120 Å². The van der Waals surface area contributed by atoms with Crippen LogP contribution >= 0.6 is 11.6 Å². The zero-order valence-corrected chi connectivity index (χ0v) is 41.0. The van der Waals surface area contributed by atoms with Crippen LogP contribution in [0.15, 0.2) is 85.5 Å². The number of fused-ring (bicyclic) bond motifs is 1. The summed E-state index contributed by atoms with van der Waals surface area (Å²) >= 11 is 6.26. The molecule has 1 aliphatic carbocycles. The molecular weight excluding hydrogens is 864 g/mol. The Morgan fingerprint density at radius 2 is 1.67 bits per heavy atom. The fourth-order valence-electron chi connectivity index (χ4n) is 7.55. The van der Waals surface area contributed by atoms with E-state index in [4.69, 9.17) is 38.0 Å². The molecule has 0 spiro atoms. The van der Waals surface area contributed by atoms with Crippen LogP contribution in [0.5, 0.6) is 11.5 Å². The van der Waals surface area contributed by atoms with E-state index < -0.39 is 0 Å². The summed E-state index contributed by atoms with van der Waals surface area (Å²) in [5.41, 5.74) is 19.4. The van der Waals surface area contributed by atoms with E-state index in [-0.39, 0.29) is 24.0 Å². The quantitative estimate of drug-likeness (QED) is 0.0721. The lowest BCUT2D eigenvalue weighted by atomic mass is 9.99. The Labute approximate surface area is 400 Å². The molecule has 1 atom stereocenters. The molecule has 4 heterocycles. The SMILES string of the molecule is CC.CCN.CCOc1cc(C(=O)N(C)Cc2cnc(C)c(C=N)c2N)ccc1C.CN(C(=O)c1ccc(-c2cccc(Cl)c2)c(OC2CC2)c1)C(CCN1CCC1)c1cncc2cn[nH]c12. The maximum Gasteiger partial charge on any atom is 0.254 e. The number of ether oxygens (including phenoxy) is 2. The lowest BCUT2D eigenvalue weighted by Gasteiger charge is -2.35. The molecule has 1 aliphatic heterocycles. The maximum atomic E-state index is 13.9. The third-order valence-corrected chi connectivity index (χ3v) is 11.7. The number of hydrogen-bond acceptors (Lipinski definition) is 11. The summed E-state index contributed by atoms with van der Waals surface area (Å²) in [4.78, 5) is 41.2. The van der Waals surface area contributed by atoms with Crippen LogP contribution in [0.1, 0.15) is 108 Å². The average molecular weight is 932 g/mol. The largest absolute Gasteiger partial charge is 0.494 e. The molecule has 3 aromatic heterocycles. The Morgan fingerprint density at radius 3 is 2.33 bits per heavy atom. The van der Waals surface area contributed by atoms with Crippen LogP contribution in [0.2, 0.25) is 5.02 Å². The van der Waals surface area contributed by atoms with Gasteiger partial charge in [-0.2, -0.15) is 5.10 Å². The first-order chi connectivity index (χ1) is 32.4. The number of rotatable bonds is 15. The number of nitrogens with one attached hydrogen (secondary N) is 2. The van der Waals surface area contributed by atoms with Crippen molar-refractivity contribution in [2.24, 2.45) is 5.73 Å². The minimum absolute atomic E-state index is 0.0524. The number of nitrogen functional groups attached to an aromatic ring is 1. The Morgan fingerprint density at radius 1 is 0.970 bits per heavy atom. The molecule has 14 nitrogen and oxygen atoms in total. The average Bonchev–Trinajstić information content (AvgIpc) is 4.00. The molecule has 6 N–H and O–H groups in total. The summed E-state index contributed by atoms with van der Waals surface area (Å²) in [6.45, 7) is 16.3. The van der Waals surface area contributed by atoms with Crippen molar-refractivity contribution in [2.75, 3.05) is 52.6 Å². The second-order valence-electron chi connectivity index (χ2n) is 16.3. The van der Waals surface area contributed by atoms with Gasteiger partial charge in [-0.25, -0.2) is 0 Å². The van der Waals surface area contributed by atoms with Crippen molar-refractivity contribution in [2.45, 2.75) is 85.9 Å². The van der Waals surface area contributed by atoms with Gasteiger partial charge >= 0.3 is 0 Å². The second-order valence-corrected chi connectivity index (χ2v) is 16.8. The number of anilines is 1. The van der Waals surface area contributed by atoms with Crippen LogP contribution in [0.25, 0.3) is 22.0 Å². The van der Waals surface area contributed by atoms with Gasteiger partial charge in [0.15, 0.2) is 0 Å². The van der Waals surface area contributed by atoms with Crippen molar-refractivity contribution in [3.05, 3.63) is 130 Å². The molecule has 1 unspecified atom stereocenters. The predicted molar refractivity (Wildman–Crippen MR) is 270 cm³/mol. The summed E-state index contributed by atoms with van der Waals surface area (Å²) in [6.07, 6.45) is 12.6. The van der Waals surface area contributed by atoms with E-state index in [2.05, 4.69) is 25.1 Å². The molecule has 0 radical (unpaired) electrons. The highest BCUT2D eigenvalue weighted by Gasteiger charge is 2.29. The predicted octanol–water partition coefficient (Wildman–Crippen LogP) is 9.67. The van der Waals surface area contributed by atoms with Gasteiger partial charge in [0.2, 0.25) is 0 Å². The zero-order valence-electron chi connectivity index (χ0n) is 40.2. The third kappa shape index (κ3) is 13.4. The molecule has 0 bridgehead atoms. The van der Waals surface area contributed by atoms with Crippen molar-refractivity contribution in [1.29, 1.82) is 5.41 Å². The molecule has 356 valence electrons. The van der Waals surface area contributed by atoms with Crippen LogP contribution in [-0.2, 0) is 6.54 Å².